The third kappa shape index (κ3) is 2.95. The topological polar surface area (TPSA) is 44.1 Å². The SMILES string of the molecule is COC1(C(=O)Cc2cc(C)nn2C)CCC(C)(C)CC1. The van der Waals surface area contributed by atoms with Crippen LogP contribution in [0.15, 0.2) is 6.07 Å². The molecule has 0 amide bonds. The molecule has 1 aliphatic rings. The van der Waals surface area contributed by atoms with Gasteiger partial charge >= 0.3 is 0 Å². The normalized spacial score (nSPS) is 20.9. The van der Waals surface area contributed by atoms with E-state index in [0.29, 0.717) is 11.8 Å². The molecule has 4 heteroatoms. The van der Waals surface area contributed by atoms with Gasteiger partial charge in [-0.05, 0) is 44.1 Å². The number of carbonyl (C=O) groups is 1. The van der Waals surface area contributed by atoms with Crippen molar-refractivity contribution in [2.45, 2.75) is 58.5 Å². The van der Waals surface area contributed by atoms with E-state index in [1.54, 1.807) is 11.8 Å². The molecule has 0 aromatic carbocycles. The van der Waals surface area contributed by atoms with Gasteiger partial charge in [0.25, 0.3) is 0 Å². The maximum absolute atomic E-state index is 12.7. The first kappa shape index (κ1) is 15.2. The van der Waals surface area contributed by atoms with Crippen molar-refractivity contribution in [1.29, 1.82) is 0 Å². The molecule has 1 aromatic heterocycles. The maximum atomic E-state index is 12.7. The van der Waals surface area contributed by atoms with Crippen LogP contribution in [0.25, 0.3) is 0 Å². The van der Waals surface area contributed by atoms with Gasteiger partial charge in [-0.1, -0.05) is 13.8 Å². The first-order valence-electron chi connectivity index (χ1n) is 7.36. The number of ether oxygens (including phenoxy) is 1. The first-order chi connectivity index (χ1) is 9.28. The van der Waals surface area contributed by atoms with E-state index < -0.39 is 5.60 Å². The molecule has 0 atom stereocenters. The predicted molar refractivity (Wildman–Crippen MR) is 78.6 cm³/mol. The van der Waals surface area contributed by atoms with E-state index in [1.807, 2.05) is 20.0 Å². The van der Waals surface area contributed by atoms with E-state index in [1.165, 1.54) is 0 Å². The lowest BCUT2D eigenvalue weighted by molar-refractivity contribution is -0.147. The molecule has 0 N–H and O–H groups in total. The van der Waals surface area contributed by atoms with E-state index in [4.69, 9.17) is 4.74 Å². The highest BCUT2D eigenvalue weighted by atomic mass is 16.5. The number of hydrogen-bond donors (Lipinski definition) is 0. The molecule has 1 aromatic rings. The summed E-state index contributed by atoms with van der Waals surface area (Å²) in [6, 6.07) is 1.98. The second-order valence-electron chi connectivity index (χ2n) is 6.86. The number of aryl methyl sites for hydroxylation is 2. The average molecular weight is 278 g/mol. The molecule has 0 saturated heterocycles. The number of hydrogen-bond acceptors (Lipinski definition) is 3. The van der Waals surface area contributed by atoms with Crippen molar-refractivity contribution in [3.63, 3.8) is 0 Å². The Morgan fingerprint density at radius 3 is 2.40 bits per heavy atom. The van der Waals surface area contributed by atoms with Gasteiger partial charge in [0.15, 0.2) is 5.78 Å². The van der Waals surface area contributed by atoms with Crippen molar-refractivity contribution in [2.24, 2.45) is 12.5 Å². The van der Waals surface area contributed by atoms with Crippen molar-refractivity contribution in [2.75, 3.05) is 7.11 Å². The first-order valence-corrected chi connectivity index (χ1v) is 7.36. The number of carbonyl (C=O) groups excluding carboxylic acids is 1. The molecular formula is C16H26N2O2. The summed E-state index contributed by atoms with van der Waals surface area (Å²) >= 11 is 0. The maximum Gasteiger partial charge on any atom is 0.170 e. The summed E-state index contributed by atoms with van der Waals surface area (Å²) in [6.45, 7) is 6.48. The zero-order valence-electron chi connectivity index (χ0n) is 13.3. The summed E-state index contributed by atoms with van der Waals surface area (Å²) in [6.07, 6.45) is 4.14. The Bertz CT molecular complexity index is 493. The Hall–Kier alpha value is -1.16. The zero-order chi connectivity index (χ0) is 15.0. The smallest absolute Gasteiger partial charge is 0.170 e. The molecule has 0 unspecified atom stereocenters. The molecule has 2 rings (SSSR count). The van der Waals surface area contributed by atoms with Gasteiger partial charge in [0.05, 0.1) is 12.1 Å². The number of methoxy groups -OCH3 is 1. The van der Waals surface area contributed by atoms with Gasteiger partial charge in [-0.25, -0.2) is 0 Å². The fraction of sp³-hybridized carbons (Fsp3) is 0.750. The Balaban J connectivity index is 2.12. The monoisotopic (exact) mass is 278 g/mol. The number of ketones is 1. The summed E-state index contributed by atoms with van der Waals surface area (Å²) in [7, 11) is 3.56. The highest BCUT2D eigenvalue weighted by Crippen LogP contribution is 2.42. The van der Waals surface area contributed by atoms with Crippen LogP contribution in [0.5, 0.6) is 0 Å². The summed E-state index contributed by atoms with van der Waals surface area (Å²) in [4.78, 5) is 12.7. The largest absolute Gasteiger partial charge is 0.370 e. The second-order valence-corrected chi connectivity index (χ2v) is 6.86. The van der Waals surface area contributed by atoms with Crippen LogP contribution in [-0.4, -0.2) is 28.3 Å². The standard InChI is InChI=1S/C16H26N2O2/c1-12-10-13(18(4)17-12)11-14(19)16(20-5)8-6-15(2,3)7-9-16/h10H,6-9,11H2,1-5H3. The van der Waals surface area contributed by atoms with Gasteiger partial charge in [-0.2, -0.15) is 5.10 Å². The van der Waals surface area contributed by atoms with Crippen molar-refractivity contribution in [3.8, 4) is 0 Å². The number of nitrogens with zero attached hydrogens (tertiary/aromatic N) is 2. The van der Waals surface area contributed by atoms with Gasteiger partial charge in [0.2, 0.25) is 0 Å². The Morgan fingerprint density at radius 2 is 1.95 bits per heavy atom. The highest BCUT2D eigenvalue weighted by molar-refractivity contribution is 5.89. The van der Waals surface area contributed by atoms with Crippen LogP contribution in [0.4, 0.5) is 0 Å². The molecule has 0 spiro atoms. The quantitative estimate of drug-likeness (QED) is 0.850. The lowest BCUT2D eigenvalue weighted by atomic mass is 9.69. The fourth-order valence-electron chi connectivity index (χ4n) is 3.08. The Labute approximate surface area is 121 Å². The summed E-state index contributed by atoms with van der Waals surface area (Å²) in [5, 5.41) is 4.30. The van der Waals surface area contributed by atoms with Crippen LogP contribution in [0.1, 0.15) is 50.9 Å². The highest BCUT2D eigenvalue weighted by Gasteiger charge is 2.43. The van der Waals surface area contributed by atoms with E-state index >= 15 is 0 Å². The van der Waals surface area contributed by atoms with Crippen molar-refractivity contribution in [1.82, 2.24) is 9.78 Å². The minimum absolute atomic E-state index is 0.193. The third-order valence-electron chi connectivity index (χ3n) is 4.75. The number of aromatic nitrogens is 2. The van der Waals surface area contributed by atoms with Gasteiger partial charge < -0.3 is 4.74 Å². The van der Waals surface area contributed by atoms with Gasteiger partial charge in [-0.3, -0.25) is 9.48 Å². The summed E-state index contributed by atoms with van der Waals surface area (Å²) in [5.74, 6) is 0.193. The van der Waals surface area contributed by atoms with Crippen LogP contribution in [0.2, 0.25) is 0 Å². The zero-order valence-corrected chi connectivity index (χ0v) is 13.3. The van der Waals surface area contributed by atoms with Gasteiger partial charge in [0.1, 0.15) is 5.60 Å². The van der Waals surface area contributed by atoms with Crippen LogP contribution in [0, 0.1) is 12.3 Å². The minimum Gasteiger partial charge on any atom is -0.370 e. The van der Waals surface area contributed by atoms with E-state index in [0.717, 1.165) is 37.1 Å². The lowest BCUT2D eigenvalue weighted by Gasteiger charge is -2.41. The van der Waals surface area contributed by atoms with E-state index in [-0.39, 0.29) is 5.78 Å². The molecule has 20 heavy (non-hydrogen) atoms. The van der Waals surface area contributed by atoms with E-state index in [9.17, 15) is 4.79 Å². The van der Waals surface area contributed by atoms with Crippen LogP contribution in [0.3, 0.4) is 0 Å². The van der Waals surface area contributed by atoms with Crippen LogP contribution >= 0.6 is 0 Å². The minimum atomic E-state index is -0.590. The summed E-state index contributed by atoms with van der Waals surface area (Å²) in [5.41, 5.74) is 1.65. The van der Waals surface area contributed by atoms with Gasteiger partial charge in [0, 0.05) is 19.9 Å². The van der Waals surface area contributed by atoms with E-state index in [2.05, 4.69) is 18.9 Å². The second kappa shape index (κ2) is 5.32. The predicted octanol–water partition coefficient (Wildman–Crippen LogP) is 2.83. The fourth-order valence-corrected chi connectivity index (χ4v) is 3.08. The molecule has 0 aliphatic heterocycles. The molecule has 1 aliphatic carbocycles. The molecule has 1 saturated carbocycles. The number of rotatable bonds is 4. The lowest BCUT2D eigenvalue weighted by Crippen LogP contribution is -2.46. The van der Waals surface area contributed by atoms with Crippen molar-refractivity contribution >= 4 is 5.78 Å². The molecule has 0 bridgehead atoms. The molecule has 0 radical (unpaired) electrons. The Kier molecular flexibility index (Phi) is 4.05. The summed E-state index contributed by atoms with van der Waals surface area (Å²) < 4.78 is 7.47. The van der Waals surface area contributed by atoms with Crippen molar-refractivity contribution < 1.29 is 9.53 Å². The molecule has 112 valence electrons. The van der Waals surface area contributed by atoms with Crippen LogP contribution < -0.4 is 0 Å². The molecule has 4 nitrogen and oxygen atoms in total. The molecule has 1 heterocycles. The van der Waals surface area contributed by atoms with Gasteiger partial charge in [-0.15, -0.1) is 0 Å². The Morgan fingerprint density at radius 1 is 1.35 bits per heavy atom. The molecule has 1 fully saturated rings. The van der Waals surface area contributed by atoms with Crippen LogP contribution in [-0.2, 0) is 23.0 Å². The molecular weight excluding hydrogens is 252 g/mol. The number of Topliss-reactive ketones (excluding diaryl/α,β-unsaturated/α-hetero) is 1. The van der Waals surface area contributed by atoms with Crippen molar-refractivity contribution in [3.05, 3.63) is 17.5 Å². The third-order valence-corrected chi connectivity index (χ3v) is 4.75. The average Bonchev–Trinajstić information content (AvgIpc) is 2.68.